The van der Waals surface area contributed by atoms with Crippen LogP contribution in [0.3, 0.4) is 0 Å². The van der Waals surface area contributed by atoms with Gasteiger partial charge in [0.05, 0.1) is 17.7 Å². The van der Waals surface area contributed by atoms with E-state index in [0.717, 1.165) is 5.56 Å². The number of nitrogens with two attached hydrogens (primary N) is 1. The molecule has 20 heavy (non-hydrogen) atoms. The summed E-state index contributed by atoms with van der Waals surface area (Å²) in [5.41, 5.74) is 6.82. The molecule has 0 spiro atoms. The van der Waals surface area contributed by atoms with E-state index in [4.69, 9.17) is 10.5 Å². The Morgan fingerprint density at radius 1 is 1.15 bits per heavy atom. The summed E-state index contributed by atoms with van der Waals surface area (Å²) in [7, 11) is -2.08. The lowest BCUT2D eigenvalue weighted by Crippen LogP contribution is -2.13. The van der Waals surface area contributed by atoms with E-state index >= 15 is 0 Å². The van der Waals surface area contributed by atoms with E-state index in [1.54, 1.807) is 36.4 Å². The highest BCUT2D eigenvalue weighted by Crippen LogP contribution is 2.20. The summed E-state index contributed by atoms with van der Waals surface area (Å²) in [6.07, 6.45) is 0. The van der Waals surface area contributed by atoms with Crippen LogP contribution in [0.2, 0.25) is 0 Å². The highest BCUT2D eigenvalue weighted by Gasteiger charge is 2.14. The Hall–Kier alpha value is -2.05. The number of sulfonamides is 1. The van der Waals surface area contributed by atoms with Gasteiger partial charge in [-0.2, -0.15) is 0 Å². The standard InChI is InChI=1S/C14H16N2O3S/c1-19-13-4-2-3-12(9-13)16-20(17,18)14-7-5-11(10-15)6-8-14/h2-9,16H,10,15H2,1H3. The lowest BCUT2D eigenvalue weighted by molar-refractivity contribution is 0.415. The van der Waals surface area contributed by atoms with Crippen molar-refractivity contribution in [2.24, 2.45) is 5.73 Å². The summed E-state index contributed by atoms with van der Waals surface area (Å²) in [4.78, 5) is 0.192. The molecule has 0 saturated heterocycles. The predicted octanol–water partition coefficient (Wildman–Crippen LogP) is 1.95. The molecular weight excluding hydrogens is 276 g/mol. The van der Waals surface area contributed by atoms with Crippen molar-refractivity contribution in [3.05, 3.63) is 54.1 Å². The average molecular weight is 292 g/mol. The van der Waals surface area contributed by atoms with Crippen molar-refractivity contribution in [1.82, 2.24) is 0 Å². The molecule has 0 radical (unpaired) electrons. The molecule has 2 aromatic carbocycles. The highest BCUT2D eigenvalue weighted by atomic mass is 32.2. The predicted molar refractivity (Wildman–Crippen MR) is 78.1 cm³/mol. The molecular formula is C14H16N2O3S. The third-order valence-corrected chi connectivity index (χ3v) is 4.19. The summed E-state index contributed by atoms with van der Waals surface area (Å²) in [5.74, 6) is 0.587. The van der Waals surface area contributed by atoms with Crippen molar-refractivity contribution in [3.8, 4) is 5.75 Å². The Labute approximate surface area is 118 Å². The van der Waals surface area contributed by atoms with Gasteiger partial charge < -0.3 is 10.5 Å². The van der Waals surface area contributed by atoms with E-state index in [2.05, 4.69) is 4.72 Å². The zero-order chi connectivity index (χ0) is 14.6. The maximum absolute atomic E-state index is 12.2. The van der Waals surface area contributed by atoms with Crippen molar-refractivity contribution in [2.75, 3.05) is 11.8 Å². The summed E-state index contributed by atoms with van der Waals surface area (Å²) in [6, 6.07) is 13.2. The van der Waals surface area contributed by atoms with Crippen molar-refractivity contribution in [3.63, 3.8) is 0 Å². The molecule has 0 amide bonds. The topological polar surface area (TPSA) is 81.4 Å². The van der Waals surface area contributed by atoms with Crippen LogP contribution >= 0.6 is 0 Å². The summed E-state index contributed by atoms with van der Waals surface area (Å²) in [6.45, 7) is 0.379. The molecule has 0 aliphatic carbocycles. The quantitative estimate of drug-likeness (QED) is 0.882. The SMILES string of the molecule is COc1cccc(NS(=O)(=O)c2ccc(CN)cc2)c1. The van der Waals surface area contributed by atoms with E-state index < -0.39 is 10.0 Å². The number of nitrogens with one attached hydrogen (secondary N) is 1. The Kier molecular flexibility index (Phi) is 4.26. The molecule has 0 fully saturated rings. The van der Waals surface area contributed by atoms with Crippen molar-refractivity contribution < 1.29 is 13.2 Å². The van der Waals surface area contributed by atoms with Crippen LogP contribution in [0.4, 0.5) is 5.69 Å². The molecule has 2 aromatic rings. The number of anilines is 1. The number of methoxy groups -OCH3 is 1. The molecule has 2 rings (SSSR count). The normalized spacial score (nSPS) is 11.1. The second kappa shape index (κ2) is 5.94. The zero-order valence-electron chi connectivity index (χ0n) is 11.0. The largest absolute Gasteiger partial charge is 0.497 e. The molecule has 0 saturated carbocycles. The molecule has 0 bridgehead atoms. The number of benzene rings is 2. The van der Waals surface area contributed by atoms with Crippen LogP contribution in [-0.4, -0.2) is 15.5 Å². The van der Waals surface area contributed by atoms with Gasteiger partial charge in [0, 0.05) is 12.6 Å². The van der Waals surface area contributed by atoms with Crippen LogP contribution < -0.4 is 15.2 Å². The van der Waals surface area contributed by atoms with Crippen LogP contribution in [0.5, 0.6) is 5.75 Å². The second-order valence-electron chi connectivity index (χ2n) is 4.19. The number of hydrogen-bond donors (Lipinski definition) is 2. The minimum atomic E-state index is -3.61. The van der Waals surface area contributed by atoms with Gasteiger partial charge in [0.2, 0.25) is 0 Å². The Morgan fingerprint density at radius 3 is 2.45 bits per heavy atom. The molecule has 0 aliphatic rings. The first kappa shape index (κ1) is 14.4. The first-order valence-electron chi connectivity index (χ1n) is 6.01. The molecule has 0 unspecified atom stereocenters. The summed E-state index contributed by atoms with van der Waals surface area (Å²) in [5, 5.41) is 0. The molecule has 3 N–H and O–H groups in total. The van der Waals surface area contributed by atoms with E-state index in [1.807, 2.05) is 0 Å². The van der Waals surface area contributed by atoms with Crippen LogP contribution in [0.15, 0.2) is 53.4 Å². The van der Waals surface area contributed by atoms with E-state index in [0.29, 0.717) is 18.0 Å². The maximum Gasteiger partial charge on any atom is 0.261 e. The molecule has 0 aliphatic heterocycles. The third-order valence-electron chi connectivity index (χ3n) is 2.79. The molecule has 6 heteroatoms. The van der Waals surface area contributed by atoms with Crippen LogP contribution in [0.1, 0.15) is 5.56 Å². The fraction of sp³-hybridized carbons (Fsp3) is 0.143. The van der Waals surface area contributed by atoms with E-state index in [1.165, 1.54) is 19.2 Å². The van der Waals surface area contributed by atoms with Gasteiger partial charge in [-0.05, 0) is 29.8 Å². The highest BCUT2D eigenvalue weighted by molar-refractivity contribution is 7.92. The minimum absolute atomic E-state index is 0.192. The van der Waals surface area contributed by atoms with Gasteiger partial charge in [0.15, 0.2) is 0 Å². The van der Waals surface area contributed by atoms with Crippen LogP contribution in [0, 0.1) is 0 Å². The van der Waals surface area contributed by atoms with Gasteiger partial charge in [-0.3, -0.25) is 4.72 Å². The van der Waals surface area contributed by atoms with Crippen LogP contribution in [-0.2, 0) is 16.6 Å². The Balaban J connectivity index is 2.25. The first-order chi connectivity index (χ1) is 9.55. The fourth-order valence-corrected chi connectivity index (χ4v) is 2.75. The smallest absolute Gasteiger partial charge is 0.261 e. The van der Waals surface area contributed by atoms with Crippen molar-refractivity contribution in [1.29, 1.82) is 0 Å². The minimum Gasteiger partial charge on any atom is -0.497 e. The van der Waals surface area contributed by atoms with Gasteiger partial charge in [-0.15, -0.1) is 0 Å². The number of hydrogen-bond acceptors (Lipinski definition) is 4. The molecule has 5 nitrogen and oxygen atoms in total. The first-order valence-corrected chi connectivity index (χ1v) is 7.49. The van der Waals surface area contributed by atoms with Crippen LogP contribution in [0.25, 0.3) is 0 Å². The van der Waals surface area contributed by atoms with E-state index in [-0.39, 0.29) is 4.90 Å². The molecule has 0 atom stereocenters. The number of rotatable bonds is 5. The van der Waals surface area contributed by atoms with E-state index in [9.17, 15) is 8.42 Å². The van der Waals surface area contributed by atoms with Gasteiger partial charge in [0.25, 0.3) is 10.0 Å². The maximum atomic E-state index is 12.2. The zero-order valence-corrected chi connectivity index (χ0v) is 11.9. The van der Waals surface area contributed by atoms with Gasteiger partial charge in [-0.25, -0.2) is 8.42 Å². The Bertz CT molecular complexity index is 682. The average Bonchev–Trinajstić information content (AvgIpc) is 2.47. The van der Waals surface area contributed by atoms with Gasteiger partial charge >= 0.3 is 0 Å². The molecule has 106 valence electrons. The molecule has 0 aromatic heterocycles. The lowest BCUT2D eigenvalue weighted by Gasteiger charge is -2.09. The number of ether oxygens (including phenoxy) is 1. The summed E-state index contributed by atoms with van der Waals surface area (Å²) >= 11 is 0. The third kappa shape index (κ3) is 3.28. The second-order valence-corrected chi connectivity index (χ2v) is 5.87. The lowest BCUT2D eigenvalue weighted by atomic mass is 10.2. The molecule has 0 heterocycles. The fourth-order valence-electron chi connectivity index (χ4n) is 1.71. The van der Waals surface area contributed by atoms with Gasteiger partial charge in [-0.1, -0.05) is 18.2 Å². The Morgan fingerprint density at radius 2 is 1.85 bits per heavy atom. The van der Waals surface area contributed by atoms with Crippen molar-refractivity contribution >= 4 is 15.7 Å². The van der Waals surface area contributed by atoms with Crippen molar-refractivity contribution in [2.45, 2.75) is 11.4 Å². The summed E-state index contributed by atoms with van der Waals surface area (Å²) < 4.78 is 32.0. The van der Waals surface area contributed by atoms with Gasteiger partial charge in [0.1, 0.15) is 5.75 Å². The monoisotopic (exact) mass is 292 g/mol.